The number of rotatable bonds is 23. The topological polar surface area (TPSA) is 228 Å². The van der Waals surface area contributed by atoms with Crippen molar-refractivity contribution in [3.63, 3.8) is 0 Å². The molecule has 0 spiro atoms. The fourth-order valence-corrected chi connectivity index (χ4v) is 8.07. The molecule has 368 valence electrons. The number of aromatic nitrogens is 3. The number of H-pyrrole nitrogens is 1. The Balaban J connectivity index is 1.60. The largest absolute Gasteiger partial charge is 0.444 e. The number of ether oxygens (including phenoxy) is 1. The van der Waals surface area contributed by atoms with E-state index < -0.39 is 77.5 Å². The predicted molar refractivity (Wildman–Crippen MR) is 255 cm³/mol. The second kappa shape index (κ2) is 25.3. The summed E-state index contributed by atoms with van der Waals surface area (Å²) >= 11 is 0. The number of nitrogens with zero attached hydrogens (tertiary/aromatic N) is 4. The molecule has 67 heavy (non-hydrogen) atoms. The van der Waals surface area contributed by atoms with Crippen molar-refractivity contribution in [1.82, 2.24) is 46.0 Å². The number of aliphatic hydroxyl groups is 1. The molecule has 6 amide bonds. The van der Waals surface area contributed by atoms with Crippen molar-refractivity contribution in [3.8, 4) is 0 Å². The van der Waals surface area contributed by atoms with Gasteiger partial charge in [-0.15, -0.1) is 0 Å². The molecular formula is C50H75N9O8. The van der Waals surface area contributed by atoms with Gasteiger partial charge in [0.2, 0.25) is 29.5 Å². The highest BCUT2D eigenvalue weighted by molar-refractivity contribution is 5.94. The monoisotopic (exact) mass is 932 g/mol. The molecule has 0 aliphatic carbocycles. The highest BCUT2D eigenvalue weighted by Gasteiger charge is 2.41. The lowest BCUT2D eigenvalue weighted by Gasteiger charge is -2.35. The van der Waals surface area contributed by atoms with E-state index in [0.717, 1.165) is 5.56 Å². The fraction of sp³-hybridized carbons (Fsp3) is 0.600. The van der Waals surface area contributed by atoms with Gasteiger partial charge in [0, 0.05) is 50.4 Å². The first-order chi connectivity index (χ1) is 32.0. The van der Waals surface area contributed by atoms with Crippen molar-refractivity contribution in [2.45, 2.75) is 156 Å². The number of carbonyl (C=O) groups excluding carboxylic acids is 6. The maximum atomic E-state index is 14.8. The number of hydrogen-bond acceptors (Lipinski definition) is 10. The second-order valence-electron chi connectivity index (χ2n) is 19.5. The van der Waals surface area contributed by atoms with Crippen LogP contribution in [0.2, 0.25) is 0 Å². The molecule has 0 unspecified atom stereocenters. The Labute approximate surface area is 397 Å². The van der Waals surface area contributed by atoms with E-state index in [1.54, 1.807) is 52.9 Å². The zero-order chi connectivity index (χ0) is 50.3. The van der Waals surface area contributed by atoms with Gasteiger partial charge in [-0.25, -0.2) is 9.78 Å². The van der Waals surface area contributed by atoms with Gasteiger partial charge in [-0.2, -0.15) is 0 Å². The number of nitrogens with one attached hydrogen (secondary N) is 5. The molecule has 3 aromatic rings. The SMILES string of the molecule is [3H][C@@](O)(C[C@H](C(=O)N[C@H](C(=O)NCc1ccccn1)[C@@H](C)CC)C(C)C)[C@H](CC(C)C)NC(=O)[C@H](Cc1cnc[nH]1)N(C)C(=O)[C@H](Cc1ccccc1)NC(=O)[C@@H]1CCCN1C(=O)OC(C)(C)C. The Morgan fingerprint density at radius 1 is 0.940 bits per heavy atom. The summed E-state index contributed by atoms with van der Waals surface area (Å²) in [6.45, 7) is 16.8. The smallest absolute Gasteiger partial charge is 0.410 e. The Kier molecular flexibility index (Phi) is 19.7. The summed E-state index contributed by atoms with van der Waals surface area (Å²) in [4.78, 5) is 98.4. The van der Waals surface area contributed by atoms with Crippen molar-refractivity contribution in [2.24, 2.45) is 23.7 Å². The Bertz CT molecular complexity index is 2100. The van der Waals surface area contributed by atoms with Crippen LogP contribution in [-0.2, 0) is 48.1 Å². The first-order valence-corrected chi connectivity index (χ1v) is 23.6. The molecule has 8 atom stereocenters. The number of hydrogen-bond donors (Lipinski definition) is 6. The summed E-state index contributed by atoms with van der Waals surface area (Å²) < 4.78 is 15.0. The van der Waals surface area contributed by atoms with Gasteiger partial charge in [0.1, 0.15) is 29.8 Å². The van der Waals surface area contributed by atoms with Crippen LogP contribution >= 0.6 is 0 Å². The quantitative estimate of drug-likeness (QED) is 0.0768. The molecule has 0 saturated carbocycles. The lowest BCUT2D eigenvalue weighted by molar-refractivity contribution is -0.143. The first-order valence-electron chi connectivity index (χ1n) is 24.1. The van der Waals surface area contributed by atoms with Crippen molar-refractivity contribution in [2.75, 3.05) is 13.6 Å². The molecule has 1 aromatic carbocycles. The second-order valence-corrected chi connectivity index (χ2v) is 19.5. The van der Waals surface area contributed by atoms with Gasteiger partial charge in [0.15, 0.2) is 0 Å². The number of aromatic amines is 1. The zero-order valence-electron chi connectivity index (χ0n) is 42.0. The van der Waals surface area contributed by atoms with Crippen molar-refractivity contribution in [3.05, 3.63) is 84.2 Å². The molecular weight excluding hydrogens is 855 g/mol. The van der Waals surface area contributed by atoms with Crippen molar-refractivity contribution in [1.29, 1.82) is 0 Å². The third kappa shape index (κ3) is 16.5. The number of amides is 6. The minimum atomic E-state index is -2.40. The summed E-state index contributed by atoms with van der Waals surface area (Å²) in [7, 11) is 1.46. The van der Waals surface area contributed by atoms with Gasteiger partial charge in [-0.05, 0) is 81.9 Å². The summed E-state index contributed by atoms with van der Waals surface area (Å²) in [6, 6.07) is 9.06. The molecule has 4 rings (SSSR count). The summed E-state index contributed by atoms with van der Waals surface area (Å²) in [5, 5.41) is 23.7. The minimum Gasteiger partial charge on any atom is -0.444 e. The fourth-order valence-electron chi connectivity index (χ4n) is 8.07. The molecule has 17 nitrogen and oxygen atoms in total. The van der Waals surface area contributed by atoms with Crippen LogP contribution in [-0.4, -0.2) is 121 Å². The van der Waals surface area contributed by atoms with E-state index in [1.807, 2.05) is 64.1 Å². The van der Waals surface area contributed by atoms with Gasteiger partial charge in [0.05, 0.1) is 32.1 Å². The van der Waals surface area contributed by atoms with E-state index in [9.17, 15) is 35.2 Å². The molecule has 6 N–H and O–H groups in total. The molecule has 1 fully saturated rings. The molecule has 0 radical (unpaired) electrons. The summed E-state index contributed by atoms with van der Waals surface area (Å²) in [6.07, 6.45) is 2.86. The van der Waals surface area contributed by atoms with Crippen molar-refractivity contribution < 1.29 is 40.0 Å². The lowest BCUT2D eigenvalue weighted by atomic mass is 9.85. The third-order valence-corrected chi connectivity index (χ3v) is 12.1. The van der Waals surface area contributed by atoms with Crippen LogP contribution in [0, 0.1) is 23.7 Å². The minimum absolute atomic E-state index is 0.0453. The van der Waals surface area contributed by atoms with Crippen LogP contribution in [0.15, 0.2) is 67.3 Å². The van der Waals surface area contributed by atoms with Gasteiger partial charge >= 0.3 is 6.09 Å². The van der Waals surface area contributed by atoms with E-state index in [0.29, 0.717) is 37.2 Å². The molecule has 1 aliphatic heterocycles. The molecule has 17 heteroatoms. The van der Waals surface area contributed by atoms with E-state index in [1.165, 1.54) is 29.4 Å². The molecule has 2 aromatic heterocycles. The maximum Gasteiger partial charge on any atom is 0.410 e. The molecule has 1 saturated heterocycles. The van der Waals surface area contributed by atoms with Crippen LogP contribution in [0.1, 0.15) is 113 Å². The van der Waals surface area contributed by atoms with Crippen molar-refractivity contribution >= 4 is 35.6 Å². The van der Waals surface area contributed by atoms with Gasteiger partial charge in [0.25, 0.3) is 0 Å². The highest BCUT2D eigenvalue weighted by atomic mass is 16.6. The van der Waals surface area contributed by atoms with Crippen LogP contribution < -0.4 is 21.3 Å². The molecule has 3 heterocycles. The number of imidazole rings is 1. The average Bonchev–Trinajstić information content (AvgIpc) is 4.00. The average molecular weight is 932 g/mol. The van der Waals surface area contributed by atoms with E-state index in [-0.39, 0.29) is 55.9 Å². The van der Waals surface area contributed by atoms with Crippen LogP contribution in [0.4, 0.5) is 4.79 Å². The first kappa shape index (κ1) is 52.1. The maximum absolute atomic E-state index is 14.8. The van der Waals surface area contributed by atoms with Crippen LogP contribution in [0.5, 0.6) is 0 Å². The number of benzene rings is 1. The zero-order valence-corrected chi connectivity index (χ0v) is 41.0. The summed E-state index contributed by atoms with van der Waals surface area (Å²) in [5.41, 5.74) is 1.13. The highest BCUT2D eigenvalue weighted by Crippen LogP contribution is 2.25. The van der Waals surface area contributed by atoms with E-state index in [4.69, 9.17) is 4.74 Å². The van der Waals surface area contributed by atoms with Gasteiger partial charge in [-0.1, -0.05) is 84.4 Å². The lowest BCUT2D eigenvalue weighted by Crippen LogP contribution is -2.59. The normalized spacial score (nSPS) is 17.8. The van der Waals surface area contributed by atoms with Gasteiger partial charge in [-0.3, -0.25) is 33.9 Å². The Morgan fingerprint density at radius 2 is 1.64 bits per heavy atom. The van der Waals surface area contributed by atoms with E-state index >= 15 is 0 Å². The Morgan fingerprint density at radius 3 is 2.24 bits per heavy atom. The number of pyridine rings is 1. The predicted octanol–water partition coefficient (Wildman–Crippen LogP) is 4.70. The number of carbonyl (C=O) groups is 6. The number of likely N-dealkylation sites (N-methyl/N-ethyl adjacent to an activating group) is 1. The summed E-state index contributed by atoms with van der Waals surface area (Å²) in [5.74, 6) is -4.43. The van der Waals surface area contributed by atoms with Crippen LogP contribution in [0.25, 0.3) is 0 Å². The Hall–Kier alpha value is -5.84. The molecule has 1 aliphatic rings. The standard InChI is InChI=1S/C50H75N9O8/c1-11-33(6)43(47(64)53-29-35-20-15-16-22-52-35)57-44(61)37(32(4)5)27-42(60)38(24-31(2)3)55-46(63)41(26-36-28-51-30-54-36)58(10)48(65)39(25-34-18-13-12-14-19-34)56-45(62)40-21-17-23-59(40)49(66)67-50(7,8)9/h12-16,18-20,22,28,30-33,37-43,60H,11,17,21,23-27,29H2,1-10H3,(H,51,54)(H,53,64)(H,55,63)(H,56,62)(H,57,61)/t33-,37-,38-,39-,40-,41-,42+,43-/m0/s1/i42T. The third-order valence-electron chi connectivity index (χ3n) is 12.1. The van der Waals surface area contributed by atoms with E-state index in [2.05, 4.69) is 36.2 Å². The van der Waals surface area contributed by atoms with Gasteiger partial charge < -0.3 is 41.0 Å². The van der Waals surface area contributed by atoms with Crippen LogP contribution in [0.3, 0.4) is 0 Å². The molecule has 0 bridgehead atoms. The number of likely N-dealkylation sites (tertiary alicyclic amines) is 1.